The smallest absolute Gasteiger partial charge is 0.478 e. The molecular formula is C15H24O4P+. The van der Waals surface area contributed by atoms with E-state index >= 15 is 0 Å². The topological polar surface area (TPSA) is 74.6 Å². The lowest BCUT2D eigenvalue weighted by Gasteiger charge is -2.24. The van der Waals surface area contributed by atoms with E-state index in [1.165, 1.54) is 6.42 Å². The summed E-state index contributed by atoms with van der Waals surface area (Å²) in [6.45, 7) is 4.14. The van der Waals surface area contributed by atoms with Crippen LogP contribution in [0.1, 0.15) is 52.4 Å². The third kappa shape index (κ3) is 3.48. The van der Waals surface area contributed by atoms with Gasteiger partial charge in [-0.25, -0.2) is 4.79 Å². The van der Waals surface area contributed by atoms with E-state index < -0.39 is 14.0 Å². The molecule has 2 aliphatic rings. The average Bonchev–Trinajstić information content (AvgIpc) is 2.97. The SMILES string of the molecule is CC1(C)CC1C(C(=O)O)=C(C[P+](=O)O)C1CCCCC1. The Kier molecular flexibility index (Phi) is 4.66. The molecule has 0 heterocycles. The predicted molar refractivity (Wildman–Crippen MR) is 77.8 cm³/mol. The van der Waals surface area contributed by atoms with Gasteiger partial charge in [0.1, 0.15) is 0 Å². The van der Waals surface area contributed by atoms with Crippen molar-refractivity contribution in [3.63, 3.8) is 0 Å². The Hall–Kier alpha value is -0.730. The van der Waals surface area contributed by atoms with Crippen molar-refractivity contribution in [3.8, 4) is 0 Å². The minimum absolute atomic E-state index is 0.0226. The lowest BCUT2D eigenvalue weighted by atomic mass is 9.81. The van der Waals surface area contributed by atoms with Gasteiger partial charge in [0.25, 0.3) is 0 Å². The van der Waals surface area contributed by atoms with Crippen molar-refractivity contribution in [3.05, 3.63) is 11.1 Å². The van der Waals surface area contributed by atoms with Crippen LogP contribution in [0.4, 0.5) is 0 Å². The van der Waals surface area contributed by atoms with Crippen molar-refractivity contribution < 1.29 is 19.4 Å². The lowest BCUT2D eigenvalue weighted by Crippen LogP contribution is -2.19. The van der Waals surface area contributed by atoms with E-state index in [4.69, 9.17) is 0 Å². The first kappa shape index (κ1) is 15.7. The minimum Gasteiger partial charge on any atom is -0.478 e. The van der Waals surface area contributed by atoms with Crippen molar-refractivity contribution >= 4 is 14.0 Å². The molecule has 0 aromatic rings. The highest BCUT2D eigenvalue weighted by atomic mass is 31.1. The third-order valence-electron chi connectivity index (χ3n) is 4.84. The molecule has 2 atom stereocenters. The van der Waals surface area contributed by atoms with Gasteiger partial charge in [0.2, 0.25) is 0 Å². The van der Waals surface area contributed by atoms with Gasteiger partial charge >= 0.3 is 14.0 Å². The molecule has 2 aliphatic carbocycles. The maximum atomic E-state index is 11.7. The highest BCUT2D eigenvalue weighted by Crippen LogP contribution is 2.57. The number of allylic oxidation sites excluding steroid dienone is 1. The Morgan fingerprint density at radius 3 is 2.20 bits per heavy atom. The van der Waals surface area contributed by atoms with Gasteiger partial charge in [-0.05, 0) is 46.7 Å². The Morgan fingerprint density at radius 2 is 1.80 bits per heavy atom. The van der Waals surface area contributed by atoms with Crippen LogP contribution >= 0.6 is 8.03 Å². The van der Waals surface area contributed by atoms with E-state index in [0.717, 1.165) is 37.7 Å². The largest absolute Gasteiger partial charge is 0.509 e. The minimum atomic E-state index is -2.32. The standard InChI is InChI=1S/C15H23O4P/c1-15(2)8-12(15)13(14(16)17)11(9-20(18)19)10-6-4-3-5-7-10/h10,12H,3-9H2,1-2H3,(H-,16,17,18,19)/p+1. The molecule has 0 aliphatic heterocycles. The van der Waals surface area contributed by atoms with E-state index in [0.29, 0.717) is 5.57 Å². The van der Waals surface area contributed by atoms with E-state index in [1.54, 1.807) is 0 Å². The number of aliphatic carboxylic acids is 1. The number of carbonyl (C=O) groups is 1. The zero-order valence-electron chi connectivity index (χ0n) is 12.3. The van der Waals surface area contributed by atoms with Crippen LogP contribution in [0.2, 0.25) is 0 Å². The second-order valence-corrected chi connectivity index (χ2v) is 7.86. The average molecular weight is 299 g/mol. The first-order valence-corrected chi connectivity index (χ1v) is 8.82. The van der Waals surface area contributed by atoms with Crippen LogP contribution in [-0.2, 0) is 9.36 Å². The monoisotopic (exact) mass is 299 g/mol. The van der Waals surface area contributed by atoms with Gasteiger partial charge < -0.3 is 5.11 Å². The molecule has 2 fully saturated rings. The van der Waals surface area contributed by atoms with Gasteiger partial charge in [-0.15, -0.1) is 0 Å². The van der Waals surface area contributed by atoms with E-state index in [-0.39, 0.29) is 23.4 Å². The fraction of sp³-hybridized carbons (Fsp3) is 0.800. The Balaban J connectivity index is 2.36. The summed E-state index contributed by atoms with van der Waals surface area (Å²) >= 11 is 0. The zero-order valence-corrected chi connectivity index (χ0v) is 13.2. The molecule has 0 saturated heterocycles. The molecular weight excluding hydrogens is 275 g/mol. The van der Waals surface area contributed by atoms with Crippen LogP contribution in [0.25, 0.3) is 0 Å². The first-order valence-electron chi connectivity index (χ1n) is 7.42. The summed E-state index contributed by atoms with van der Waals surface area (Å²) in [5, 5.41) is 9.60. The van der Waals surface area contributed by atoms with Crippen molar-refractivity contribution in [2.75, 3.05) is 6.16 Å². The van der Waals surface area contributed by atoms with Crippen LogP contribution in [0.3, 0.4) is 0 Å². The summed E-state index contributed by atoms with van der Waals surface area (Å²) in [6.07, 6.45) is 6.20. The molecule has 0 amide bonds. The number of carboxylic acids is 1. The Morgan fingerprint density at radius 1 is 1.25 bits per heavy atom. The summed E-state index contributed by atoms with van der Waals surface area (Å²) in [5.41, 5.74) is 1.23. The summed E-state index contributed by atoms with van der Waals surface area (Å²) in [5.74, 6) is -0.651. The summed E-state index contributed by atoms with van der Waals surface area (Å²) < 4.78 is 11.3. The second kappa shape index (κ2) is 5.95. The first-order chi connectivity index (χ1) is 9.33. The number of hydrogen-bond acceptors (Lipinski definition) is 2. The number of rotatable bonds is 5. The zero-order chi connectivity index (χ0) is 14.9. The van der Waals surface area contributed by atoms with Crippen molar-refractivity contribution in [2.24, 2.45) is 17.3 Å². The maximum Gasteiger partial charge on any atom is 0.509 e. The van der Waals surface area contributed by atoms with Crippen LogP contribution in [0.5, 0.6) is 0 Å². The molecule has 2 unspecified atom stereocenters. The molecule has 0 spiro atoms. The van der Waals surface area contributed by atoms with Gasteiger partial charge in [-0.2, -0.15) is 4.89 Å². The van der Waals surface area contributed by atoms with E-state index in [1.807, 2.05) is 0 Å². The third-order valence-corrected chi connectivity index (χ3v) is 5.45. The molecule has 0 aromatic carbocycles. The molecule has 0 bridgehead atoms. The van der Waals surface area contributed by atoms with Crippen molar-refractivity contribution in [1.82, 2.24) is 0 Å². The summed E-state index contributed by atoms with van der Waals surface area (Å²) in [6, 6.07) is 0. The van der Waals surface area contributed by atoms with Crippen LogP contribution in [-0.4, -0.2) is 22.1 Å². The number of carboxylic acid groups (broad SMARTS) is 1. The molecule has 4 nitrogen and oxygen atoms in total. The van der Waals surface area contributed by atoms with Gasteiger partial charge in [-0.3, -0.25) is 0 Å². The highest BCUT2D eigenvalue weighted by Gasteiger charge is 2.51. The van der Waals surface area contributed by atoms with Crippen molar-refractivity contribution in [2.45, 2.75) is 52.4 Å². The molecule has 0 radical (unpaired) electrons. The Bertz CT molecular complexity index is 447. The van der Waals surface area contributed by atoms with Gasteiger partial charge in [-0.1, -0.05) is 33.1 Å². The fourth-order valence-electron chi connectivity index (χ4n) is 3.50. The summed E-state index contributed by atoms with van der Waals surface area (Å²) in [7, 11) is -2.32. The number of hydrogen-bond donors (Lipinski definition) is 2. The van der Waals surface area contributed by atoms with Gasteiger partial charge in [0.05, 0.1) is 0 Å². The molecule has 2 rings (SSSR count). The lowest BCUT2D eigenvalue weighted by molar-refractivity contribution is -0.133. The molecule has 112 valence electrons. The molecule has 2 N–H and O–H groups in total. The van der Waals surface area contributed by atoms with Crippen LogP contribution in [0, 0.1) is 17.3 Å². The Labute approximate surface area is 121 Å². The fourth-order valence-corrected chi connectivity index (χ4v) is 4.22. The predicted octanol–water partition coefficient (Wildman–Crippen LogP) is 3.73. The van der Waals surface area contributed by atoms with Crippen LogP contribution in [0.15, 0.2) is 11.1 Å². The maximum absolute atomic E-state index is 11.7. The normalized spacial score (nSPS) is 27.8. The van der Waals surface area contributed by atoms with Crippen LogP contribution < -0.4 is 0 Å². The molecule has 20 heavy (non-hydrogen) atoms. The van der Waals surface area contributed by atoms with E-state index in [2.05, 4.69) is 13.8 Å². The summed E-state index contributed by atoms with van der Waals surface area (Å²) in [4.78, 5) is 21.0. The second-order valence-electron chi connectivity index (χ2n) is 6.83. The van der Waals surface area contributed by atoms with Gasteiger partial charge in [0.15, 0.2) is 6.16 Å². The highest BCUT2D eigenvalue weighted by molar-refractivity contribution is 7.38. The molecule has 0 aromatic heterocycles. The van der Waals surface area contributed by atoms with Gasteiger partial charge in [0, 0.05) is 5.57 Å². The van der Waals surface area contributed by atoms with Crippen molar-refractivity contribution in [1.29, 1.82) is 0 Å². The quantitative estimate of drug-likeness (QED) is 0.599. The molecule has 2 saturated carbocycles. The van der Waals surface area contributed by atoms with E-state index in [9.17, 15) is 19.4 Å². The molecule has 5 heteroatoms.